The summed E-state index contributed by atoms with van der Waals surface area (Å²) in [4.78, 5) is 0. The van der Waals surface area contributed by atoms with Crippen LogP contribution in [0.5, 0.6) is 0 Å². The molecule has 0 heterocycles. The van der Waals surface area contributed by atoms with Gasteiger partial charge in [-0.3, -0.25) is 0 Å². The fourth-order valence-corrected chi connectivity index (χ4v) is 13.5. The molecule has 0 spiro atoms. The van der Waals surface area contributed by atoms with Crippen LogP contribution in [-0.2, 0) is 9.13 Å². The van der Waals surface area contributed by atoms with Crippen molar-refractivity contribution >= 4 is 35.5 Å². The molecule has 1 atom stereocenters. The Balaban J connectivity index is 2.04. The standard InChI is InChI=1S/C29H30O2P2/c1-22-12-11-16-26(20-22)32(30,27-17-8-5-13-23(27)2)21-33(31,28-18-9-6-14-24(28)3)29-19-10-7-15-25(29)4/h5-20H,21H2,1-4H3. The summed E-state index contributed by atoms with van der Waals surface area (Å²) in [5, 5.41) is 3.14. The van der Waals surface area contributed by atoms with Gasteiger partial charge < -0.3 is 9.13 Å². The van der Waals surface area contributed by atoms with Gasteiger partial charge in [0.2, 0.25) is 0 Å². The maximum Gasteiger partial charge on any atom is 0.151 e. The Morgan fingerprint density at radius 3 is 1.36 bits per heavy atom. The molecular weight excluding hydrogens is 442 g/mol. The van der Waals surface area contributed by atoms with Gasteiger partial charge in [-0.15, -0.1) is 0 Å². The van der Waals surface area contributed by atoms with Crippen LogP contribution in [0.3, 0.4) is 0 Å². The van der Waals surface area contributed by atoms with E-state index < -0.39 is 14.3 Å². The van der Waals surface area contributed by atoms with Gasteiger partial charge in [0.25, 0.3) is 0 Å². The Bertz CT molecular complexity index is 1350. The fraction of sp³-hybridized carbons (Fsp3) is 0.172. The van der Waals surface area contributed by atoms with Crippen molar-refractivity contribution in [2.45, 2.75) is 27.7 Å². The van der Waals surface area contributed by atoms with Crippen LogP contribution in [-0.4, -0.2) is 5.90 Å². The summed E-state index contributed by atoms with van der Waals surface area (Å²) in [5.74, 6) is 0.0873. The van der Waals surface area contributed by atoms with Crippen molar-refractivity contribution in [2.75, 3.05) is 5.90 Å². The fourth-order valence-electron chi connectivity index (χ4n) is 4.62. The number of hydrogen-bond donors (Lipinski definition) is 0. The number of benzene rings is 4. The maximum absolute atomic E-state index is 15.2. The van der Waals surface area contributed by atoms with Crippen LogP contribution in [0.25, 0.3) is 0 Å². The molecule has 0 aliphatic heterocycles. The Hall–Kier alpha value is -2.66. The van der Waals surface area contributed by atoms with Crippen molar-refractivity contribution in [1.82, 2.24) is 0 Å². The van der Waals surface area contributed by atoms with Crippen LogP contribution in [0.15, 0.2) is 97.1 Å². The predicted octanol–water partition coefficient (Wildman–Crippen LogP) is 6.21. The summed E-state index contributed by atoms with van der Waals surface area (Å²) in [6.07, 6.45) is 0. The summed E-state index contributed by atoms with van der Waals surface area (Å²) < 4.78 is 30.4. The van der Waals surface area contributed by atoms with Gasteiger partial charge in [-0.05, 0) is 50.5 Å². The zero-order valence-electron chi connectivity index (χ0n) is 19.7. The molecule has 0 aromatic heterocycles. The quantitative estimate of drug-likeness (QED) is 0.313. The maximum atomic E-state index is 15.2. The minimum atomic E-state index is -3.25. The average molecular weight is 473 g/mol. The monoisotopic (exact) mass is 472 g/mol. The van der Waals surface area contributed by atoms with E-state index in [0.29, 0.717) is 0 Å². The molecule has 0 aliphatic rings. The van der Waals surface area contributed by atoms with Crippen molar-refractivity contribution in [3.63, 3.8) is 0 Å². The molecule has 0 saturated heterocycles. The number of aryl methyl sites for hydroxylation is 4. The Morgan fingerprint density at radius 1 is 0.515 bits per heavy atom. The van der Waals surface area contributed by atoms with Gasteiger partial charge in [-0.1, -0.05) is 96.6 Å². The first-order chi connectivity index (χ1) is 15.8. The van der Waals surface area contributed by atoms with Crippen LogP contribution in [0.2, 0.25) is 0 Å². The molecule has 0 radical (unpaired) electrons. The third-order valence-corrected chi connectivity index (χ3v) is 14.5. The van der Waals surface area contributed by atoms with Crippen LogP contribution in [0.1, 0.15) is 22.3 Å². The molecule has 0 aliphatic carbocycles. The second-order valence-corrected chi connectivity index (χ2v) is 14.9. The second-order valence-electron chi connectivity index (χ2n) is 8.82. The third kappa shape index (κ3) is 4.43. The molecule has 4 aromatic rings. The van der Waals surface area contributed by atoms with E-state index in [4.69, 9.17) is 0 Å². The molecule has 0 N–H and O–H groups in total. The first kappa shape index (κ1) is 23.5. The number of hydrogen-bond acceptors (Lipinski definition) is 2. The smallest absolute Gasteiger partial charge is 0.151 e. The summed E-state index contributed by atoms with van der Waals surface area (Å²) in [5.41, 5.74) is 3.93. The molecule has 4 rings (SSSR count). The van der Waals surface area contributed by atoms with Crippen LogP contribution in [0, 0.1) is 27.7 Å². The summed E-state index contributed by atoms with van der Waals surface area (Å²) in [6, 6.07) is 31.4. The van der Waals surface area contributed by atoms with Gasteiger partial charge in [0.1, 0.15) is 0 Å². The van der Waals surface area contributed by atoms with Gasteiger partial charge in [-0.25, -0.2) is 0 Å². The van der Waals surface area contributed by atoms with Crippen LogP contribution >= 0.6 is 14.3 Å². The van der Waals surface area contributed by atoms with Gasteiger partial charge in [0.15, 0.2) is 14.3 Å². The van der Waals surface area contributed by atoms with Gasteiger partial charge >= 0.3 is 0 Å². The number of rotatable bonds is 6. The van der Waals surface area contributed by atoms with Crippen molar-refractivity contribution in [1.29, 1.82) is 0 Å². The lowest BCUT2D eigenvalue weighted by Gasteiger charge is -2.29. The molecule has 0 saturated carbocycles. The molecule has 0 fully saturated rings. The zero-order valence-corrected chi connectivity index (χ0v) is 21.4. The van der Waals surface area contributed by atoms with Crippen molar-refractivity contribution in [3.05, 3.63) is 119 Å². The van der Waals surface area contributed by atoms with Gasteiger partial charge in [0, 0.05) is 21.2 Å². The van der Waals surface area contributed by atoms with Gasteiger partial charge in [-0.2, -0.15) is 0 Å². The van der Waals surface area contributed by atoms with E-state index >= 15 is 9.13 Å². The SMILES string of the molecule is Cc1cccc(P(=O)(CP(=O)(c2ccccc2C)c2ccccc2C)c2ccccc2C)c1. The molecule has 0 bridgehead atoms. The van der Waals surface area contributed by atoms with Crippen molar-refractivity contribution in [2.24, 2.45) is 0 Å². The lowest BCUT2D eigenvalue weighted by Crippen LogP contribution is -2.28. The molecule has 4 aromatic carbocycles. The van der Waals surface area contributed by atoms with E-state index in [1.807, 2.05) is 125 Å². The topological polar surface area (TPSA) is 34.1 Å². The molecule has 4 heteroatoms. The largest absolute Gasteiger partial charge is 0.313 e. The highest BCUT2D eigenvalue weighted by Crippen LogP contribution is 2.60. The molecule has 168 valence electrons. The first-order valence-electron chi connectivity index (χ1n) is 11.2. The van der Waals surface area contributed by atoms with E-state index in [1.54, 1.807) is 0 Å². The highest BCUT2D eigenvalue weighted by molar-refractivity contribution is 7.94. The Labute approximate surface area is 197 Å². The normalized spacial score (nSPS) is 13.5. The summed E-state index contributed by atoms with van der Waals surface area (Å²) in [6.45, 7) is 7.98. The predicted molar refractivity (Wildman–Crippen MR) is 143 cm³/mol. The Morgan fingerprint density at radius 2 is 0.939 bits per heavy atom. The second kappa shape index (κ2) is 9.30. The van der Waals surface area contributed by atoms with E-state index in [2.05, 4.69) is 0 Å². The summed E-state index contributed by atoms with van der Waals surface area (Å²) in [7, 11) is -6.49. The zero-order chi connectivity index (χ0) is 23.6. The highest BCUT2D eigenvalue weighted by atomic mass is 31.2. The Kier molecular flexibility index (Phi) is 6.62. The van der Waals surface area contributed by atoms with Crippen molar-refractivity contribution < 1.29 is 9.13 Å². The lowest BCUT2D eigenvalue weighted by molar-refractivity contribution is 0.582. The minimum absolute atomic E-state index is 0.0873. The summed E-state index contributed by atoms with van der Waals surface area (Å²) >= 11 is 0. The molecule has 1 unspecified atom stereocenters. The van der Waals surface area contributed by atoms with E-state index in [-0.39, 0.29) is 5.90 Å². The van der Waals surface area contributed by atoms with E-state index in [9.17, 15) is 0 Å². The first-order valence-corrected chi connectivity index (χ1v) is 15.0. The molecule has 33 heavy (non-hydrogen) atoms. The lowest BCUT2D eigenvalue weighted by atomic mass is 10.2. The minimum Gasteiger partial charge on any atom is -0.313 e. The average Bonchev–Trinajstić information content (AvgIpc) is 2.79. The highest BCUT2D eigenvalue weighted by Gasteiger charge is 2.41. The van der Waals surface area contributed by atoms with Crippen LogP contribution in [0.4, 0.5) is 0 Å². The van der Waals surface area contributed by atoms with E-state index in [1.165, 1.54) is 0 Å². The third-order valence-electron chi connectivity index (χ3n) is 6.33. The van der Waals surface area contributed by atoms with Gasteiger partial charge in [0.05, 0.1) is 5.90 Å². The van der Waals surface area contributed by atoms with Crippen molar-refractivity contribution in [3.8, 4) is 0 Å². The van der Waals surface area contributed by atoms with E-state index in [0.717, 1.165) is 43.5 Å². The molecule has 0 amide bonds. The van der Waals surface area contributed by atoms with Crippen LogP contribution < -0.4 is 21.2 Å². The molecular formula is C29H30O2P2. The molecule has 2 nitrogen and oxygen atoms in total.